The van der Waals surface area contributed by atoms with Crippen molar-refractivity contribution < 1.29 is 0 Å². The number of nitrogens with one attached hydrogen (secondary N) is 1. The zero-order chi connectivity index (χ0) is 13.7. The van der Waals surface area contributed by atoms with E-state index in [1.807, 2.05) is 18.7 Å². The van der Waals surface area contributed by atoms with E-state index in [0.717, 1.165) is 24.9 Å². The highest BCUT2D eigenvalue weighted by Gasteiger charge is 2.21. The van der Waals surface area contributed by atoms with Crippen LogP contribution in [0.3, 0.4) is 0 Å². The van der Waals surface area contributed by atoms with Gasteiger partial charge in [-0.1, -0.05) is 6.92 Å². The lowest BCUT2D eigenvalue weighted by Gasteiger charge is -2.34. The summed E-state index contributed by atoms with van der Waals surface area (Å²) in [5.74, 6) is 3.05. The van der Waals surface area contributed by atoms with Gasteiger partial charge < -0.3 is 14.8 Å². The normalized spacial score (nSPS) is 19.6. The van der Waals surface area contributed by atoms with Crippen LogP contribution in [-0.4, -0.2) is 56.8 Å². The van der Waals surface area contributed by atoms with Crippen molar-refractivity contribution in [3.05, 3.63) is 12.2 Å². The van der Waals surface area contributed by atoms with Gasteiger partial charge in [-0.25, -0.2) is 0 Å². The first kappa shape index (κ1) is 17.5. The summed E-state index contributed by atoms with van der Waals surface area (Å²) >= 11 is 2.06. The molecule has 0 radical (unpaired) electrons. The third-order valence-corrected chi connectivity index (χ3v) is 4.69. The highest BCUT2D eigenvalue weighted by Crippen LogP contribution is 2.20. The van der Waals surface area contributed by atoms with E-state index in [0.29, 0.717) is 11.8 Å². The lowest BCUT2D eigenvalue weighted by Crippen LogP contribution is -2.47. The number of nitrogens with zero attached hydrogens (tertiary/aromatic N) is 5. The Kier molecular flexibility index (Phi) is 7.63. The fourth-order valence-corrected chi connectivity index (χ4v) is 3.30. The zero-order valence-corrected chi connectivity index (χ0v) is 15.4. The summed E-state index contributed by atoms with van der Waals surface area (Å²) in [6.45, 7) is 5.03. The fraction of sp³-hybridized carbons (Fsp3) is 0.750. The molecule has 1 fully saturated rings. The van der Waals surface area contributed by atoms with Gasteiger partial charge in [0.05, 0.1) is 6.54 Å². The van der Waals surface area contributed by atoms with Crippen molar-refractivity contribution in [3.63, 3.8) is 0 Å². The summed E-state index contributed by atoms with van der Waals surface area (Å²) in [6.07, 6.45) is 2.92. The van der Waals surface area contributed by atoms with Gasteiger partial charge in [-0.15, -0.1) is 34.2 Å². The van der Waals surface area contributed by atoms with Gasteiger partial charge in [-0.3, -0.25) is 4.99 Å². The Morgan fingerprint density at radius 3 is 3.00 bits per heavy atom. The van der Waals surface area contributed by atoms with Crippen molar-refractivity contribution in [2.45, 2.75) is 25.1 Å². The van der Waals surface area contributed by atoms with E-state index >= 15 is 0 Å². The van der Waals surface area contributed by atoms with Gasteiger partial charge in [-0.05, 0) is 6.42 Å². The number of halogens is 1. The van der Waals surface area contributed by atoms with E-state index in [2.05, 4.69) is 44.1 Å². The van der Waals surface area contributed by atoms with Gasteiger partial charge >= 0.3 is 0 Å². The second-order valence-electron chi connectivity index (χ2n) is 4.61. The minimum Gasteiger partial charge on any atom is -0.349 e. The standard InChI is InChI=1S/C12H22N6S.HI/c1-4-10-8-18(5-6-19-10)12(13-2)14-7-11-16-15-9-17(11)3;/h9-10H,4-8H2,1-3H3,(H,13,14);1H. The fourth-order valence-electron chi connectivity index (χ4n) is 2.12. The summed E-state index contributed by atoms with van der Waals surface area (Å²) in [6, 6.07) is 0. The summed E-state index contributed by atoms with van der Waals surface area (Å²) < 4.78 is 1.92. The Hall–Kier alpha value is -0.510. The monoisotopic (exact) mass is 410 g/mol. The van der Waals surface area contributed by atoms with Crippen molar-refractivity contribution in [1.82, 2.24) is 25.0 Å². The first-order valence-corrected chi connectivity index (χ1v) is 7.69. The molecule has 1 unspecified atom stereocenters. The number of hydrogen-bond donors (Lipinski definition) is 1. The van der Waals surface area contributed by atoms with Gasteiger partial charge in [0.2, 0.25) is 0 Å². The maximum absolute atomic E-state index is 4.37. The molecule has 1 atom stereocenters. The summed E-state index contributed by atoms with van der Waals surface area (Å²) in [7, 11) is 3.78. The van der Waals surface area contributed by atoms with Gasteiger partial charge in [0.1, 0.15) is 6.33 Å². The lowest BCUT2D eigenvalue weighted by molar-refractivity contribution is 0.407. The molecule has 1 aromatic heterocycles. The lowest BCUT2D eigenvalue weighted by atomic mass is 10.3. The van der Waals surface area contributed by atoms with E-state index in [9.17, 15) is 0 Å². The SMILES string of the molecule is CCC1CN(C(=NC)NCc2nncn2C)CCS1.I. The highest BCUT2D eigenvalue weighted by atomic mass is 127. The average molecular weight is 410 g/mol. The van der Waals surface area contributed by atoms with Crippen LogP contribution in [0.25, 0.3) is 0 Å². The minimum absolute atomic E-state index is 0. The van der Waals surface area contributed by atoms with Gasteiger partial charge in [-0.2, -0.15) is 11.8 Å². The Bertz CT molecular complexity index is 435. The zero-order valence-electron chi connectivity index (χ0n) is 12.2. The number of guanidine groups is 1. The van der Waals surface area contributed by atoms with Crippen molar-refractivity contribution in [3.8, 4) is 0 Å². The minimum atomic E-state index is 0. The van der Waals surface area contributed by atoms with Gasteiger partial charge in [0, 0.05) is 38.2 Å². The van der Waals surface area contributed by atoms with Crippen LogP contribution in [0, 0.1) is 0 Å². The molecule has 1 aliphatic heterocycles. The first-order valence-electron chi connectivity index (χ1n) is 6.64. The third-order valence-electron chi connectivity index (χ3n) is 3.32. The molecule has 1 aliphatic rings. The summed E-state index contributed by atoms with van der Waals surface area (Å²) in [5.41, 5.74) is 0. The molecule has 1 aromatic rings. The molecule has 20 heavy (non-hydrogen) atoms. The Morgan fingerprint density at radius 2 is 2.40 bits per heavy atom. The van der Waals surface area contributed by atoms with E-state index in [1.54, 1.807) is 6.33 Å². The molecule has 8 heteroatoms. The number of thioether (sulfide) groups is 1. The van der Waals surface area contributed by atoms with Crippen molar-refractivity contribution >= 4 is 41.7 Å². The van der Waals surface area contributed by atoms with Crippen LogP contribution < -0.4 is 5.32 Å². The molecule has 0 bridgehead atoms. The topological polar surface area (TPSA) is 58.3 Å². The summed E-state index contributed by atoms with van der Waals surface area (Å²) in [5, 5.41) is 12.0. The molecule has 0 spiro atoms. The maximum atomic E-state index is 4.37. The Labute approximate surface area is 141 Å². The second-order valence-corrected chi connectivity index (χ2v) is 6.01. The van der Waals surface area contributed by atoms with Crippen LogP contribution in [0.2, 0.25) is 0 Å². The van der Waals surface area contributed by atoms with Crippen LogP contribution in [0.15, 0.2) is 11.3 Å². The van der Waals surface area contributed by atoms with E-state index in [4.69, 9.17) is 0 Å². The van der Waals surface area contributed by atoms with Crippen LogP contribution in [0.1, 0.15) is 19.2 Å². The van der Waals surface area contributed by atoms with Crippen molar-refractivity contribution in [1.29, 1.82) is 0 Å². The number of aliphatic imine (C=N–C) groups is 1. The summed E-state index contributed by atoms with van der Waals surface area (Å²) in [4.78, 5) is 6.71. The smallest absolute Gasteiger partial charge is 0.194 e. The molecule has 1 saturated heterocycles. The highest BCUT2D eigenvalue weighted by molar-refractivity contribution is 14.0. The predicted molar refractivity (Wildman–Crippen MR) is 94.7 cm³/mol. The molecular weight excluding hydrogens is 387 g/mol. The Morgan fingerprint density at radius 1 is 1.60 bits per heavy atom. The first-order chi connectivity index (χ1) is 9.24. The van der Waals surface area contributed by atoms with Crippen LogP contribution in [0.5, 0.6) is 0 Å². The van der Waals surface area contributed by atoms with Crippen LogP contribution >= 0.6 is 35.7 Å². The van der Waals surface area contributed by atoms with E-state index < -0.39 is 0 Å². The molecule has 0 saturated carbocycles. The maximum Gasteiger partial charge on any atom is 0.194 e. The third kappa shape index (κ3) is 4.51. The van der Waals surface area contributed by atoms with Crippen LogP contribution in [-0.2, 0) is 13.6 Å². The van der Waals surface area contributed by atoms with Crippen LogP contribution in [0.4, 0.5) is 0 Å². The largest absolute Gasteiger partial charge is 0.349 e. The second kappa shape index (κ2) is 8.71. The predicted octanol–water partition coefficient (Wildman–Crippen LogP) is 1.34. The number of aryl methyl sites for hydroxylation is 1. The molecular formula is C12H23IN6S. The molecule has 6 nitrogen and oxygen atoms in total. The quantitative estimate of drug-likeness (QED) is 0.463. The van der Waals surface area contributed by atoms with E-state index in [-0.39, 0.29) is 24.0 Å². The number of rotatable bonds is 3. The molecule has 114 valence electrons. The average Bonchev–Trinajstić information content (AvgIpc) is 2.85. The molecule has 0 aromatic carbocycles. The number of hydrogen-bond acceptors (Lipinski definition) is 4. The molecule has 1 N–H and O–H groups in total. The number of aromatic nitrogens is 3. The van der Waals surface area contributed by atoms with Gasteiger partial charge in [0.25, 0.3) is 0 Å². The molecule has 2 heterocycles. The van der Waals surface area contributed by atoms with Crippen molar-refractivity contribution in [2.75, 3.05) is 25.9 Å². The molecule has 2 rings (SSSR count). The van der Waals surface area contributed by atoms with Gasteiger partial charge in [0.15, 0.2) is 11.8 Å². The molecule has 0 amide bonds. The van der Waals surface area contributed by atoms with E-state index in [1.165, 1.54) is 12.2 Å². The van der Waals surface area contributed by atoms with Crippen molar-refractivity contribution in [2.24, 2.45) is 12.0 Å². The Balaban J connectivity index is 0.00000200. The molecule has 0 aliphatic carbocycles.